The molecule has 110 valence electrons. The van der Waals surface area contributed by atoms with Gasteiger partial charge in [0.25, 0.3) is 0 Å². The summed E-state index contributed by atoms with van der Waals surface area (Å²) < 4.78 is 7.27. The van der Waals surface area contributed by atoms with Crippen LogP contribution in [0, 0.1) is 0 Å². The number of methoxy groups -OCH3 is 1. The molecule has 0 saturated carbocycles. The number of rotatable bonds is 8. The first kappa shape index (κ1) is 15.0. The van der Waals surface area contributed by atoms with E-state index >= 15 is 0 Å². The summed E-state index contributed by atoms with van der Waals surface area (Å²) >= 11 is 0. The SMILES string of the molecule is COCCN(C)CCNCc1cn(C)c2ccccc12. The first-order chi connectivity index (χ1) is 9.72. The predicted octanol–water partition coefficient (Wildman–Crippen LogP) is 1.85. The van der Waals surface area contributed by atoms with Gasteiger partial charge in [-0.15, -0.1) is 0 Å². The molecule has 0 atom stereocenters. The van der Waals surface area contributed by atoms with Crippen LogP contribution in [0.5, 0.6) is 0 Å². The summed E-state index contributed by atoms with van der Waals surface area (Å²) in [6, 6.07) is 8.54. The molecule has 20 heavy (non-hydrogen) atoms. The van der Waals surface area contributed by atoms with E-state index in [1.54, 1.807) is 7.11 Å². The van der Waals surface area contributed by atoms with Gasteiger partial charge in [-0.1, -0.05) is 18.2 Å². The fraction of sp³-hybridized carbons (Fsp3) is 0.500. The summed E-state index contributed by atoms with van der Waals surface area (Å²) in [4.78, 5) is 2.28. The highest BCUT2D eigenvalue weighted by Gasteiger charge is 2.05. The van der Waals surface area contributed by atoms with Crippen LogP contribution in [0.2, 0.25) is 0 Å². The first-order valence-corrected chi connectivity index (χ1v) is 7.13. The van der Waals surface area contributed by atoms with Crippen LogP contribution in [0.1, 0.15) is 5.56 Å². The molecule has 0 aliphatic heterocycles. The highest BCUT2D eigenvalue weighted by atomic mass is 16.5. The van der Waals surface area contributed by atoms with Gasteiger partial charge in [-0.05, 0) is 18.7 Å². The van der Waals surface area contributed by atoms with Gasteiger partial charge in [0.15, 0.2) is 0 Å². The van der Waals surface area contributed by atoms with Crippen molar-refractivity contribution in [2.24, 2.45) is 7.05 Å². The van der Waals surface area contributed by atoms with Gasteiger partial charge in [-0.25, -0.2) is 0 Å². The molecule has 1 aromatic heterocycles. The summed E-state index contributed by atoms with van der Waals surface area (Å²) in [5.41, 5.74) is 2.66. The normalized spacial score (nSPS) is 11.6. The third-order valence-corrected chi connectivity index (χ3v) is 3.64. The Morgan fingerprint density at radius 3 is 2.85 bits per heavy atom. The highest BCUT2D eigenvalue weighted by Crippen LogP contribution is 2.19. The molecule has 1 heterocycles. The second kappa shape index (κ2) is 7.43. The number of nitrogens with one attached hydrogen (secondary N) is 1. The summed E-state index contributed by atoms with van der Waals surface area (Å²) in [5.74, 6) is 0. The Bertz CT molecular complexity index is 536. The van der Waals surface area contributed by atoms with Crippen molar-refractivity contribution in [3.8, 4) is 0 Å². The minimum absolute atomic E-state index is 0.791. The standard InChI is InChI=1S/C16H25N3O/c1-18(10-11-20-3)9-8-17-12-14-13-19(2)16-7-5-4-6-15(14)16/h4-7,13,17H,8-12H2,1-3H3. The Labute approximate surface area is 121 Å². The Morgan fingerprint density at radius 2 is 2.05 bits per heavy atom. The third kappa shape index (κ3) is 3.82. The van der Waals surface area contributed by atoms with Crippen molar-refractivity contribution in [2.45, 2.75) is 6.54 Å². The molecular weight excluding hydrogens is 250 g/mol. The first-order valence-electron chi connectivity index (χ1n) is 7.13. The number of benzene rings is 1. The molecular formula is C16H25N3O. The molecule has 4 heteroatoms. The highest BCUT2D eigenvalue weighted by molar-refractivity contribution is 5.83. The number of ether oxygens (including phenoxy) is 1. The van der Waals surface area contributed by atoms with Crippen LogP contribution in [0.3, 0.4) is 0 Å². The Hall–Kier alpha value is -1.36. The molecule has 0 amide bonds. The van der Waals surface area contributed by atoms with Crippen LogP contribution in [0.25, 0.3) is 10.9 Å². The maximum Gasteiger partial charge on any atom is 0.0589 e. The summed E-state index contributed by atoms with van der Waals surface area (Å²) in [7, 11) is 5.97. The molecule has 0 spiro atoms. The number of nitrogens with zero attached hydrogens (tertiary/aromatic N) is 2. The van der Waals surface area contributed by atoms with Crippen LogP contribution in [0.4, 0.5) is 0 Å². The van der Waals surface area contributed by atoms with Crippen molar-refractivity contribution in [3.63, 3.8) is 0 Å². The van der Waals surface area contributed by atoms with E-state index in [1.165, 1.54) is 16.5 Å². The number of para-hydroxylation sites is 1. The van der Waals surface area contributed by atoms with Crippen molar-refractivity contribution in [3.05, 3.63) is 36.0 Å². The Kier molecular flexibility index (Phi) is 5.59. The van der Waals surface area contributed by atoms with E-state index in [9.17, 15) is 0 Å². The minimum Gasteiger partial charge on any atom is -0.383 e. The largest absolute Gasteiger partial charge is 0.383 e. The molecule has 0 radical (unpaired) electrons. The average molecular weight is 275 g/mol. The van der Waals surface area contributed by atoms with Gasteiger partial charge < -0.3 is 19.5 Å². The summed E-state index contributed by atoms with van der Waals surface area (Å²) in [5, 5.41) is 4.86. The van der Waals surface area contributed by atoms with Crippen LogP contribution in [-0.4, -0.2) is 49.9 Å². The van der Waals surface area contributed by atoms with Gasteiger partial charge in [0.2, 0.25) is 0 Å². The fourth-order valence-electron chi connectivity index (χ4n) is 2.42. The zero-order chi connectivity index (χ0) is 14.4. The monoisotopic (exact) mass is 275 g/mol. The third-order valence-electron chi connectivity index (χ3n) is 3.64. The van der Waals surface area contributed by atoms with Crippen molar-refractivity contribution in [1.29, 1.82) is 0 Å². The number of fused-ring (bicyclic) bond motifs is 1. The van der Waals surface area contributed by atoms with Gasteiger partial charge >= 0.3 is 0 Å². The van der Waals surface area contributed by atoms with Gasteiger partial charge in [0.05, 0.1) is 6.61 Å². The van der Waals surface area contributed by atoms with Gasteiger partial charge in [0.1, 0.15) is 0 Å². The zero-order valence-electron chi connectivity index (χ0n) is 12.7. The maximum atomic E-state index is 5.07. The minimum atomic E-state index is 0.791. The summed E-state index contributed by atoms with van der Waals surface area (Å²) in [6.07, 6.45) is 2.21. The Balaban J connectivity index is 1.81. The van der Waals surface area contributed by atoms with E-state index < -0.39 is 0 Å². The molecule has 0 fully saturated rings. The van der Waals surface area contributed by atoms with Gasteiger partial charge in [-0.3, -0.25) is 0 Å². The van der Waals surface area contributed by atoms with E-state index in [1.807, 2.05) is 0 Å². The van der Waals surface area contributed by atoms with E-state index in [-0.39, 0.29) is 0 Å². The van der Waals surface area contributed by atoms with E-state index in [2.05, 4.69) is 59.3 Å². The molecule has 0 bridgehead atoms. The molecule has 2 aromatic rings. The number of hydrogen-bond acceptors (Lipinski definition) is 3. The van der Waals surface area contributed by atoms with E-state index in [4.69, 9.17) is 4.74 Å². The molecule has 4 nitrogen and oxygen atoms in total. The number of aryl methyl sites for hydroxylation is 1. The second-order valence-corrected chi connectivity index (χ2v) is 5.26. The van der Waals surface area contributed by atoms with Crippen LogP contribution in [0.15, 0.2) is 30.5 Å². The van der Waals surface area contributed by atoms with Crippen molar-refractivity contribution >= 4 is 10.9 Å². The Morgan fingerprint density at radius 1 is 1.25 bits per heavy atom. The predicted molar refractivity (Wildman–Crippen MR) is 84.0 cm³/mol. The van der Waals surface area contributed by atoms with Crippen molar-refractivity contribution < 1.29 is 4.74 Å². The molecule has 0 aliphatic rings. The van der Waals surface area contributed by atoms with Gasteiger partial charge in [-0.2, -0.15) is 0 Å². The lowest BCUT2D eigenvalue weighted by Gasteiger charge is -2.16. The lowest BCUT2D eigenvalue weighted by molar-refractivity contribution is 0.161. The fourth-order valence-corrected chi connectivity index (χ4v) is 2.42. The van der Waals surface area contributed by atoms with Crippen molar-refractivity contribution in [1.82, 2.24) is 14.8 Å². The maximum absolute atomic E-state index is 5.07. The van der Waals surface area contributed by atoms with E-state index in [0.29, 0.717) is 0 Å². The number of hydrogen-bond donors (Lipinski definition) is 1. The lowest BCUT2D eigenvalue weighted by atomic mass is 10.2. The number of aromatic nitrogens is 1. The molecule has 1 aromatic carbocycles. The van der Waals surface area contributed by atoms with E-state index in [0.717, 1.165) is 32.8 Å². The second-order valence-electron chi connectivity index (χ2n) is 5.26. The van der Waals surface area contributed by atoms with Crippen molar-refractivity contribution in [2.75, 3.05) is 40.4 Å². The molecule has 1 N–H and O–H groups in total. The molecule has 0 saturated heterocycles. The van der Waals surface area contributed by atoms with Gasteiger partial charge in [0, 0.05) is 57.4 Å². The average Bonchev–Trinajstić information content (AvgIpc) is 2.79. The summed E-state index contributed by atoms with van der Waals surface area (Å²) in [6.45, 7) is 4.71. The lowest BCUT2D eigenvalue weighted by Crippen LogP contribution is -2.31. The zero-order valence-corrected chi connectivity index (χ0v) is 12.7. The number of likely N-dealkylation sites (N-methyl/N-ethyl adjacent to an activating group) is 1. The molecule has 0 unspecified atom stereocenters. The van der Waals surface area contributed by atoms with Crippen LogP contribution < -0.4 is 5.32 Å². The molecule has 2 rings (SSSR count). The quantitative estimate of drug-likeness (QED) is 0.746. The molecule has 0 aliphatic carbocycles. The van der Waals surface area contributed by atoms with Crippen LogP contribution >= 0.6 is 0 Å². The smallest absolute Gasteiger partial charge is 0.0589 e. The van der Waals surface area contributed by atoms with Crippen LogP contribution in [-0.2, 0) is 18.3 Å². The topological polar surface area (TPSA) is 29.4 Å².